The number of carbonyl (C=O) groups is 1. The van der Waals surface area contributed by atoms with Gasteiger partial charge in [-0.3, -0.25) is 0 Å². The number of nitrogens with zero attached hydrogens (tertiary/aromatic N) is 5. The van der Waals surface area contributed by atoms with E-state index in [0.29, 0.717) is 5.56 Å². The summed E-state index contributed by atoms with van der Waals surface area (Å²) in [7, 11) is 5.50. The summed E-state index contributed by atoms with van der Waals surface area (Å²) in [4.78, 5) is 17.3. The molecule has 14 heteroatoms. The normalized spacial score (nSPS) is 18.9. The van der Waals surface area contributed by atoms with Crippen molar-refractivity contribution in [2.24, 2.45) is 0 Å². The van der Waals surface area contributed by atoms with Gasteiger partial charge in [0.05, 0.1) is 57.8 Å². The van der Waals surface area contributed by atoms with Crippen molar-refractivity contribution >= 4 is 23.8 Å². The van der Waals surface area contributed by atoms with Gasteiger partial charge >= 0.3 is 5.97 Å². The van der Waals surface area contributed by atoms with Crippen LogP contribution in [0.5, 0.6) is 0 Å². The topological polar surface area (TPSA) is 99.3 Å². The zero-order valence-corrected chi connectivity index (χ0v) is 27.4. The summed E-state index contributed by atoms with van der Waals surface area (Å²) in [5.41, 5.74) is -1.00. The van der Waals surface area contributed by atoms with Crippen molar-refractivity contribution in [3.05, 3.63) is 101 Å². The minimum Gasteiger partial charge on any atom is -1.00 e. The molecule has 0 aliphatic carbocycles. The van der Waals surface area contributed by atoms with Crippen LogP contribution in [0.15, 0.2) is 67.3 Å². The predicted octanol–water partition coefficient (Wildman–Crippen LogP) is 1.85. The van der Waals surface area contributed by atoms with E-state index >= 15 is 4.39 Å². The standard InChI is InChI=1S/C32H35F3N5O4S.ClH/c1-22(45-26-17-42-31(43-18-26)8-6-5-7-24-10-9-23(15-36)13-28(24)34)32(19-39-21-37-20-38-39,44-30(41)16-40(2,3)4)27-12-11-25(33)14-29(27)35;/h5-14,20-22,26,31H,16-19H2,1-4H3;1H/q+1;/p-1/b7-5+,8-6+;/t22-,26?,31?,32-;/m1./s1. The molecule has 0 spiro atoms. The molecular weight excluding hydrogens is 643 g/mol. The minimum absolute atomic E-state index is 0. The summed E-state index contributed by atoms with van der Waals surface area (Å²) in [6.45, 7) is 2.29. The van der Waals surface area contributed by atoms with Gasteiger partial charge in [0.25, 0.3) is 0 Å². The van der Waals surface area contributed by atoms with Crippen molar-refractivity contribution in [3.63, 3.8) is 0 Å². The molecule has 246 valence electrons. The first-order chi connectivity index (χ1) is 21.4. The number of likely N-dealkylation sites (N-methyl/N-ethyl adjacent to an activating group) is 1. The number of benzene rings is 2. The molecule has 1 fully saturated rings. The van der Waals surface area contributed by atoms with Gasteiger partial charge in [-0.1, -0.05) is 24.3 Å². The van der Waals surface area contributed by atoms with Crippen LogP contribution in [-0.2, 0) is 31.2 Å². The van der Waals surface area contributed by atoms with Crippen LogP contribution in [0.4, 0.5) is 13.2 Å². The average Bonchev–Trinajstić information content (AvgIpc) is 3.48. The summed E-state index contributed by atoms with van der Waals surface area (Å²) in [5.74, 6) is -2.67. The van der Waals surface area contributed by atoms with E-state index in [1.54, 1.807) is 24.3 Å². The molecule has 0 N–H and O–H groups in total. The molecule has 3 aromatic rings. The maximum absolute atomic E-state index is 15.5. The number of hydrogen-bond acceptors (Lipinski definition) is 8. The van der Waals surface area contributed by atoms with Gasteiger partial charge in [-0.25, -0.2) is 27.6 Å². The third-order valence-corrected chi connectivity index (χ3v) is 8.33. The Labute approximate surface area is 276 Å². The van der Waals surface area contributed by atoms with Gasteiger partial charge < -0.3 is 31.1 Å². The number of aromatic nitrogens is 3. The molecule has 1 aromatic heterocycles. The van der Waals surface area contributed by atoms with Gasteiger partial charge in [0.2, 0.25) is 0 Å². The number of ether oxygens (including phenoxy) is 3. The van der Waals surface area contributed by atoms with Gasteiger partial charge in [-0.05, 0) is 37.3 Å². The molecule has 4 rings (SSSR count). The summed E-state index contributed by atoms with van der Waals surface area (Å²) >= 11 is 1.39. The molecule has 0 amide bonds. The largest absolute Gasteiger partial charge is 1.00 e. The van der Waals surface area contributed by atoms with E-state index in [1.807, 2.05) is 34.1 Å². The smallest absolute Gasteiger partial charge is 0.362 e. The summed E-state index contributed by atoms with van der Waals surface area (Å²) in [5, 5.41) is 12.3. The van der Waals surface area contributed by atoms with E-state index in [-0.39, 0.29) is 59.6 Å². The first-order valence-corrected chi connectivity index (χ1v) is 15.1. The van der Waals surface area contributed by atoms with Gasteiger partial charge in [-0.15, -0.1) is 11.8 Å². The van der Waals surface area contributed by atoms with Crippen molar-refractivity contribution in [1.29, 1.82) is 5.26 Å². The molecule has 0 bridgehead atoms. The third-order valence-electron chi connectivity index (χ3n) is 6.88. The first kappa shape index (κ1) is 36.8. The fourth-order valence-corrected chi connectivity index (χ4v) is 6.11. The molecule has 0 saturated carbocycles. The van der Waals surface area contributed by atoms with Crippen LogP contribution < -0.4 is 12.4 Å². The van der Waals surface area contributed by atoms with Crippen molar-refractivity contribution < 1.29 is 49.1 Å². The van der Waals surface area contributed by atoms with Gasteiger partial charge in [0.1, 0.15) is 30.1 Å². The minimum atomic E-state index is -1.59. The molecule has 2 aromatic carbocycles. The Kier molecular flexibility index (Phi) is 13.0. The average molecular weight is 678 g/mol. The van der Waals surface area contributed by atoms with Gasteiger partial charge in [0, 0.05) is 22.4 Å². The van der Waals surface area contributed by atoms with E-state index in [9.17, 15) is 13.6 Å². The van der Waals surface area contributed by atoms with E-state index in [0.717, 1.165) is 12.1 Å². The van der Waals surface area contributed by atoms with Crippen molar-refractivity contribution in [2.45, 2.75) is 35.9 Å². The lowest BCUT2D eigenvalue weighted by atomic mass is 9.89. The molecular formula is C32H35ClF3N5O4S. The van der Waals surface area contributed by atoms with Gasteiger partial charge in [-0.2, -0.15) is 10.4 Å². The molecule has 2 atom stereocenters. The number of halogens is 4. The Morgan fingerprint density at radius 1 is 1.17 bits per heavy atom. The maximum atomic E-state index is 15.5. The molecule has 9 nitrogen and oxygen atoms in total. The van der Waals surface area contributed by atoms with Crippen LogP contribution in [0.1, 0.15) is 23.6 Å². The Hall–Kier alpha value is -3.67. The van der Waals surface area contributed by atoms with Gasteiger partial charge in [0.15, 0.2) is 18.4 Å². The second-order valence-corrected chi connectivity index (χ2v) is 13.2. The van der Waals surface area contributed by atoms with E-state index in [4.69, 9.17) is 19.5 Å². The Bertz CT molecular complexity index is 1570. The number of esters is 1. The highest BCUT2D eigenvalue weighted by Gasteiger charge is 2.47. The first-order valence-electron chi connectivity index (χ1n) is 14.1. The second-order valence-electron chi connectivity index (χ2n) is 11.6. The number of nitriles is 1. The number of allylic oxidation sites excluding steroid dienone is 2. The number of quaternary nitrogens is 1. The van der Waals surface area contributed by atoms with Crippen molar-refractivity contribution in [3.8, 4) is 6.07 Å². The lowest BCUT2D eigenvalue weighted by Crippen LogP contribution is -3.00. The number of carbonyl (C=O) groups excluding carboxylic acids is 1. The fourth-order valence-electron chi connectivity index (χ4n) is 4.75. The maximum Gasteiger partial charge on any atom is 0.362 e. The molecule has 1 saturated heterocycles. The molecule has 0 radical (unpaired) electrons. The van der Waals surface area contributed by atoms with Crippen LogP contribution in [-0.4, -0.2) is 82.9 Å². The van der Waals surface area contributed by atoms with Crippen LogP contribution in [0.2, 0.25) is 0 Å². The zero-order valence-electron chi connectivity index (χ0n) is 25.8. The Morgan fingerprint density at radius 2 is 1.91 bits per heavy atom. The fraction of sp³-hybridized carbons (Fsp3) is 0.375. The van der Waals surface area contributed by atoms with Crippen LogP contribution in [0.3, 0.4) is 0 Å². The molecule has 1 aliphatic heterocycles. The van der Waals surface area contributed by atoms with Crippen molar-refractivity contribution in [2.75, 3.05) is 40.9 Å². The molecule has 46 heavy (non-hydrogen) atoms. The van der Waals surface area contributed by atoms with Crippen molar-refractivity contribution in [1.82, 2.24) is 14.8 Å². The summed E-state index contributed by atoms with van der Waals surface area (Å²) in [6, 6.07) is 9.32. The molecule has 0 unspecified atom stereocenters. The third kappa shape index (κ3) is 9.91. The number of rotatable bonds is 12. The molecule has 1 aliphatic rings. The lowest BCUT2D eigenvalue weighted by molar-refractivity contribution is -0.862. The zero-order chi connectivity index (χ0) is 32.6. The number of hydrogen-bond donors (Lipinski definition) is 0. The molecule has 2 heterocycles. The number of thioether (sulfide) groups is 1. The van der Waals surface area contributed by atoms with E-state index in [2.05, 4.69) is 10.1 Å². The lowest BCUT2D eigenvalue weighted by Gasteiger charge is -2.41. The Balaban J connectivity index is 0.00000576. The highest BCUT2D eigenvalue weighted by atomic mass is 35.5. The van der Waals surface area contributed by atoms with Crippen LogP contribution in [0.25, 0.3) is 6.08 Å². The second kappa shape index (κ2) is 16.2. The van der Waals surface area contributed by atoms with Crippen LogP contribution >= 0.6 is 11.8 Å². The summed E-state index contributed by atoms with van der Waals surface area (Å²) in [6.07, 6.45) is 8.67. The summed E-state index contributed by atoms with van der Waals surface area (Å²) < 4.78 is 63.2. The predicted molar refractivity (Wildman–Crippen MR) is 163 cm³/mol. The highest BCUT2D eigenvalue weighted by Crippen LogP contribution is 2.42. The Morgan fingerprint density at radius 3 is 2.52 bits per heavy atom. The quantitative estimate of drug-likeness (QED) is 0.163. The monoisotopic (exact) mass is 677 g/mol. The van der Waals surface area contributed by atoms with E-state index < -0.39 is 40.6 Å². The highest BCUT2D eigenvalue weighted by molar-refractivity contribution is 8.00. The SMILES string of the molecule is C[C@@H](SC1COC(/C=C/C=C/c2ccc(C#N)cc2F)OC1)[C@@](Cn1cncn1)(OC(=O)C[N+](C)(C)C)c1ccc(F)cc1F.[Cl-]. The van der Waals surface area contributed by atoms with Crippen LogP contribution in [0, 0.1) is 28.8 Å². The van der Waals surface area contributed by atoms with E-state index in [1.165, 1.54) is 53.4 Å².